The van der Waals surface area contributed by atoms with Gasteiger partial charge in [-0.3, -0.25) is 9.59 Å². The van der Waals surface area contributed by atoms with Gasteiger partial charge >= 0.3 is 0 Å². The van der Waals surface area contributed by atoms with Gasteiger partial charge in [0.1, 0.15) is 0 Å². The third kappa shape index (κ3) is 10.5. The predicted molar refractivity (Wildman–Crippen MR) is 205 cm³/mol. The van der Waals surface area contributed by atoms with Crippen molar-refractivity contribution in [3.05, 3.63) is 144 Å². The van der Waals surface area contributed by atoms with Gasteiger partial charge in [0.15, 0.2) is 6.29 Å². The van der Waals surface area contributed by atoms with Crippen LogP contribution in [-0.2, 0) is 32.2 Å². The molecule has 5 aromatic rings. The van der Waals surface area contributed by atoms with Crippen molar-refractivity contribution in [2.75, 3.05) is 16.8 Å². The summed E-state index contributed by atoms with van der Waals surface area (Å²) in [6.45, 7) is 0.418. The molecular weight excluding hydrogens is 673 g/mol. The van der Waals surface area contributed by atoms with Crippen LogP contribution in [0.15, 0.2) is 126 Å². The number of para-hydroxylation sites is 2. The highest BCUT2D eigenvalue weighted by Crippen LogP contribution is 2.39. The molecule has 1 aliphatic rings. The summed E-state index contributed by atoms with van der Waals surface area (Å²) in [6.07, 6.45) is 3.65. The third-order valence-corrected chi connectivity index (χ3v) is 9.97. The number of thioether (sulfide) groups is 1. The Morgan fingerprint density at radius 1 is 0.788 bits per heavy atom. The van der Waals surface area contributed by atoms with E-state index in [0.29, 0.717) is 50.0 Å². The van der Waals surface area contributed by atoms with Crippen LogP contribution in [0.5, 0.6) is 0 Å². The third-order valence-electron chi connectivity index (χ3n) is 8.90. The number of nitrogen functional groups attached to an aromatic ring is 1. The minimum atomic E-state index is -0.543. The van der Waals surface area contributed by atoms with Crippen LogP contribution in [0.25, 0.3) is 11.1 Å². The van der Waals surface area contributed by atoms with E-state index in [2.05, 4.69) is 39.9 Å². The smallest absolute Gasteiger partial charge is 0.224 e. The van der Waals surface area contributed by atoms with Gasteiger partial charge in [-0.2, -0.15) is 0 Å². The fourth-order valence-corrected chi connectivity index (χ4v) is 6.89. The second-order valence-corrected chi connectivity index (χ2v) is 13.8. The van der Waals surface area contributed by atoms with Gasteiger partial charge in [-0.1, -0.05) is 84.9 Å². The number of nitrogens with two attached hydrogens (primary N) is 1. The maximum atomic E-state index is 12.6. The van der Waals surface area contributed by atoms with E-state index in [1.165, 1.54) is 0 Å². The second kappa shape index (κ2) is 18.5. The number of ether oxygens (including phenoxy) is 2. The molecule has 0 saturated carbocycles. The average molecular weight is 717 g/mol. The number of hydrogen-bond donors (Lipinski definition) is 4. The molecule has 268 valence electrons. The van der Waals surface area contributed by atoms with E-state index in [4.69, 9.17) is 15.2 Å². The van der Waals surface area contributed by atoms with E-state index < -0.39 is 6.29 Å². The van der Waals surface area contributed by atoms with Crippen LogP contribution in [0.4, 0.5) is 11.4 Å². The molecule has 52 heavy (non-hydrogen) atoms. The summed E-state index contributed by atoms with van der Waals surface area (Å²) in [7, 11) is 0. The van der Waals surface area contributed by atoms with E-state index in [1.807, 2.05) is 78.9 Å². The van der Waals surface area contributed by atoms with Crippen molar-refractivity contribution in [2.45, 2.75) is 68.8 Å². The van der Waals surface area contributed by atoms with E-state index >= 15 is 0 Å². The number of carbonyl (C=O) groups excluding carboxylic acids is 2. The molecule has 0 unspecified atom stereocenters. The van der Waals surface area contributed by atoms with Gasteiger partial charge in [0, 0.05) is 43.3 Å². The first-order chi connectivity index (χ1) is 25.4. The molecule has 0 aliphatic carbocycles. The molecule has 6 rings (SSSR count). The molecule has 10 heteroatoms. The molecule has 1 aliphatic heterocycles. The van der Waals surface area contributed by atoms with Crippen molar-refractivity contribution in [2.24, 2.45) is 0 Å². The van der Waals surface area contributed by atoms with Crippen molar-refractivity contribution in [1.82, 2.24) is 10.3 Å². The molecule has 2 amide bonds. The Labute approximate surface area is 309 Å². The lowest BCUT2D eigenvalue weighted by Crippen LogP contribution is -2.31. The van der Waals surface area contributed by atoms with Crippen LogP contribution < -0.4 is 16.4 Å². The van der Waals surface area contributed by atoms with E-state index in [1.54, 1.807) is 30.1 Å². The maximum absolute atomic E-state index is 12.6. The van der Waals surface area contributed by atoms with Crippen LogP contribution in [0.2, 0.25) is 0 Å². The molecule has 5 N–H and O–H groups in total. The predicted octanol–water partition coefficient (Wildman–Crippen LogP) is 7.98. The van der Waals surface area contributed by atoms with E-state index in [9.17, 15) is 14.7 Å². The largest absolute Gasteiger partial charge is 0.397 e. The zero-order valence-corrected chi connectivity index (χ0v) is 29.8. The number of anilines is 2. The van der Waals surface area contributed by atoms with Crippen LogP contribution in [0, 0.1) is 0 Å². The SMILES string of the molecule is Nc1ccccc1NC(=O)CCCCC(=O)NCc1cccc(-c2ccc([C@H]3O[C@@H](CSc4ccccn4)C[C@@H](c4ccc(CO)cc4)O3)cc2)c1. The Bertz CT molecular complexity index is 1910. The Hall–Kier alpha value is -5.00. The van der Waals surface area contributed by atoms with Gasteiger partial charge in [0.2, 0.25) is 11.8 Å². The van der Waals surface area contributed by atoms with E-state index in [-0.39, 0.29) is 30.6 Å². The normalized spacial score (nSPS) is 17.0. The molecule has 9 nitrogen and oxygen atoms in total. The summed E-state index contributed by atoms with van der Waals surface area (Å²) >= 11 is 1.67. The second-order valence-electron chi connectivity index (χ2n) is 12.8. The maximum Gasteiger partial charge on any atom is 0.224 e. The van der Waals surface area contributed by atoms with Crippen LogP contribution in [0.1, 0.15) is 66.8 Å². The van der Waals surface area contributed by atoms with Gasteiger partial charge in [-0.05, 0) is 71.0 Å². The van der Waals surface area contributed by atoms with Gasteiger partial charge < -0.3 is 30.9 Å². The molecule has 1 aromatic heterocycles. The Balaban J connectivity index is 1.02. The zero-order chi connectivity index (χ0) is 36.1. The number of unbranched alkanes of at least 4 members (excludes halogenated alkanes) is 1. The number of nitrogens with one attached hydrogen (secondary N) is 2. The topological polar surface area (TPSA) is 136 Å². The molecule has 0 spiro atoms. The summed E-state index contributed by atoms with van der Waals surface area (Å²) in [6, 6.07) is 37.3. The van der Waals surface area contributed by atoms with Crippen molar-refractivity contribution in [3.63, 3.8) is 0 Å². The summed E-state index contributed by atoms with van der Waals surface area (Å²) in [5.41, 5.74) is 12.9. The number of aliphatic hydroxyl groups excluding tert-OH is 1. The Morgan fingerprint density at radius 2 is 1.54 bits per heavy atom. The minimum absolute atomic E-state index is 0.000333. The van der Waals surface area contributed by atoms with Crippen molar-refractivity contribution in [1.29, 1.82) is 0 Å². The highest BCUT2D eigenvalue weighted by molar-refractivity contribution is 7.99. The van der Waals surface area contributed by atoms with Crippen molar-refractivity contribution in [3.8, 4) is 11.1 Å². The number of pyridine rings is 1. The summed E-state index contributed by atoms with van der Waals surface area (Å²) in [4.78, 5) is 29.2. The van der Waals surface area contributed by atoms with Crippen LogP contribution in [0.3, 0.4) is 0 Å². The molecule has 0 bridgehead atoms. The first-order valence-electron chi connectivity index (χ1n) is 17.6. The molecule has 2 heterocycles. The van der Waals surface area contributed by atoms with Crippen molar-refractivity contribution >= 4 is 35.0 Å². The van der Waals surface area contributed by atoms with Crippen LogP contribution >= 0.6 is 11.8 Å². The number of hydrogen-bond acceptors (Lipinski definition) is 8. The lowest BCUT2D eigenvalue weighted by atomic mass is 9.99. The summed E-state index contributed by atoms with van der Waals surface area (Å²) < 4.78 is 13.0. The number of aliphatic hydroxyl groups is 1. The summed E-state index contributed by atoms with van der Waals surface area (Å²) in [5, 5.41) is 16.3. The molecule has 0 radical (unpaired) electrons. The van der Waals surface area contributed by atoms with Crippen molar-refractivity contribution < 1.29 is 24.2 Å². The standard InChI is InChI=1S/C42H44N4O5S/c43-36-10-1-2-11-37(36)46-40(49)13-4-3-12-39(48)45-26-30-8-7-9-34(24-30)31-19-21-33(22-20-31)42-50-35(28-52-41-14-5-6-23-44-41)25-38(51-42)32-17-15-29(27-47)16-18-32/h1-2,5-11,14-24,35,38,42,47H,3-4,12-13,25-28,43H2,(H,45,48)(H,46,49)/t35-,38+,42+/m1/s1. The summed E-state index contributed by atoms with van der Waals surface area (Å²) in [5.74, 6) is 0.580. The first kappa shape index (κ1) is 36.8. The molecule has 3 atom stereocenters. The van der Waals surface area contributed by atoms with Gasteiger partial charge in [0.25, 0.3) is 0 Å². The number of carbonyl (C=O) groups is 2. The van der Waals surface area contributed by atoms with Gasteiger partial charge in [-0.25, -0.2) is 4.98 Å². The lowest BCUT2D eigenvalue weighted by molar-refractivity contribution is -0.245. The van der Waals surface area contributed by atoms with E-state index in [0.717, 1.165) is 44.2 Å². The minimum Gasteiger partial charge on any atom is -0.397 e. The Morgan fingerprint density at radius 3 is 2.29 bits per heavy atom. The van der Waals surface area contributed by atoms with Gasteiger partial charge in [0.05, 0.1) is 35.2 Å². The first-order valence-corrected chi connectivity index (χ1v) is 18.6. The fourth-order valence-electron chi connectivity index (χ4n) is 6.01. The monoisotopic (exact) mass is 716 g/mol. The molecular formula is C42H44N4O5S. The highest BCUT2D eigenvalue weighted by atomic mass is 32.2. The fraction of sp³-hybridized carbons (Fsp3) is 0.262. The average Bonchev–Trinajstić information content (AvgIpc) is 3.19. The number of benzene rings is 4. The lowest BCUT2D eigenvalue weighted by Gasteiger charge is -2.36. The molecule has 1 saturated heterocycles. The molecule has 1 fully saturated rings. The quantitative estimate of drug-likeness (QED) is 0.0487. The number of amides is 2. The van der Waals surface area contributed by atoms with Gasteiger partial charge in [-0.15, -0.1) is 11.8 Å². The van der Waals surface area contributed by atoms with Crippen LogP contribution in [-0.4, -0.2) is 33.8 Å². The zero-order valence-electron chi connectivity index (χ0n) is 28.9. The number of nitrogens with zero attached hydrogens (tertiary/aromatic N) is 1. The molecule has 4 aromatic carbocycles. The number of rotatable bonds is 15. The Kier molecular flexibility index (Phi) is 13.1. The highest BCUT2D eigenvalue weighted by Gasteiger charge is 2.32. The number of aromatic nitrogens is 1.